The molecule has 17 heteroatoms. The molecule has 29 heavy (non-hydrogen) atoms. The topological polar surface area (TPSA) is 372 Å². The summed E-state index contributed by atoms with van der Waals surface area (Å²) in [4.78, 5) is 58.9. The number of nitrogens with two attached hydrogens (primary N) is 3. The normalized spacial score (nSPS) is 11.7. The first-order valence-electron chi connectivity index (χ1n) is 6.72. The molecule has 0 heterocycles. The summed E-state index contributed by atoms with van der Waals surface area (Å²) in [5.41, 5.74) is 14.5. The van der Waals surface area contributed by atoms with Gasteiger partial charge in [0.15, 0.2) is 0 Å². The molecule has 0 aliphatic heterocycles. The van der Waals surface area contributed by atoms with Crippen molar-refractivity contribution in [3.63, 3.8) is 0 Å². The van der Waals surface area contributed by atoms with E-state index in [1.165, 1.54) is 0 Å². The van der Waals surface area contributed by atoms with Crippen LogP contribution in [0.1, 0.15) is 19.3 Å². The minimum Gasteiger partial charge on any atom is -0.481 e. The van der Waals surface area contributed by atoms with Crippen LogP contribution < -0.4 is 29.5 Å². The molecule has 0 rings (SSSR count). The van der Waals surface area contributed by atoms with Crippen LogP contribution in [0.3, 0.4) is 0 Å². The van der Waals surface area contributed by atoms with E-state index in [4.69, 9.17) is 47.8 Å². The quantitative estimate of drug-likeness (QED) is 0.172. The standard InChI is InChI=1S/3C4H7NO4.2H3N/c3*5-2(4(8)9)1-3(6)7;;/h3*2H,1,5H2,(H,6,7)(H,8,9);2*1H3/t3*2-;;/m000../s1. The van der Waals surface area contributed by atoms with E-state index in [-0.39, 0.29) is 12.3 Å². The molecule has 3 atom stereocenters. The summed E-state index contributed by atoms with van der Waals surface area (Å²) < 4.78 is 0. The molecule has 0 aliphatic rings. The number of rotatable bonds is 9. The first-order valence-corrected chi connectivity index (χ1v) is 6.72. The average molecular weight is 433 g/mol. The molecule has 172 valence electrons. The Morgan fingerprint density at radius 3 is 0.655 bits per heavy atom. The lowest BCUT2D eigenvalue weighted by Gasteiger charge is -1.99. The molecule has 0 aromatic carbocycles. The first kappa shape index (κ1) is 36.5. The van der Waals surface area contributed by atoms with Gasteiger partial charge in [0.25, 0.3) is 0 Å². The summed E-state index contributed by atoms with van der Waals surface area (Å²) in [6, 6.07) is -3.87. The van der Waals surface area contributed by atoms with Crippen molar-refractivity contribution >= 4 is 35.8 Å². The van der Waals surface area contributed by atoms with E-state index in [2.05, 4.69) is 0 Å². The average Bonchev–Trinajstić information content (AvgIpc) is 2.46. The second kappa shape index (κ2) is 19.4. The number of aliphatic carboxylic acids is 6. The van der Waals surface area contributed by atoms with Gasteiger partial charge in [-0.25, -0.2) is 0 Å². The lowest BCUT2D eigenvalue weighted by molar-refractivity contribution is -0.144. The highest BCUT2D eigenvalue weighted by molar-refractivity contribution is 5.81. The number of carbonyl (C=O) groups is 6. The smallest absolute Gasteiger partial charge is 0.321 e. The van der Waals surface area contributed by atoms with Crippen LogP contribution in [0.15, 0.2) is 0 Å². The second-order valence-corrected chi connectivity index (χ2v) is 4.63. The van der Waals surface area contributed by atoms with Crippen LogP contribution in [0.2, 0.25) is 0 Å². The Morgan fingerprint density at radius 1 is 0.483 bits per heavy atom. The summed E-state index contributed by atoms with van der Waals surface area (Å²) in [6.07, 6.45) is -1.60. The van der Waals surface area contributed by atoms with Crippen molar-refractivity contribution in [2.24, 2.45) is 17.2 Å². The van der Waals surface area contributed by atoms with Crippen LogP contribution in [-0.4, -0.2) is 84.6 Å². The van der Waals surface area contributed by atoms with Crippen LogP contribution in [0.25, 0.3) is 0 Å². The number of carboxylic acid groups (broad SMARTS) is 6. The maximum Gasteiger partial charge on any atom is 0.321 e. The van der Waals surface area contributed by atoms with Crippen LogP contribution in [0.4, 0.5) is 0 Å². The lowest BCUT2D eigenvalue weighted by atomic mass is 10.2. The van der Waals surface area contributed by atoms with Crippen molar-refractivity contribution < 1.29 is 59.4 Å². The Kier molecular flexibility index (Phi) is 24.4. The molecule has 17 nitrogen and oxygen atoms in total. The molecule has 0 fully saturated rings. The molecule has 0 saturated carbocycles. The highest BCUT2D eigenvalue weighted by Crippen LogP contribution is 1.87. The minimum absolute atomic E-state index is 0. The zero-order chi connectivity index (χ0) is 22.3. The van der Waals surface area contributed by atoms with Crippen LogP contribution in [0, 0.1) is 0 Å². The Hall–Kier alpha value is -3.38. The van der Waals surface area contributed by atoms with Gasteiger partial charge in [-0.1, -0.05) is 0 Å². The minimum atomic E-state index is -1.29. The summed E-state index contributed by atoms with van der Waals surface area (Å²) in [5.74, 6) is -7.49. The van der Waals surface area contributed by atoms with E-state index in [1.807, 2.05) is 0 Å². The molecule has 0 unspecified atom stereocenters. The van der Waals surface area contributed by atoms with E-state index >= 15 is 0 Å². The molecular weight excluding hydrogens is 406 g/mol. The molecule has 0 radical (unpaired) electrons. The van der Waals surface area contributed by atoms with Gasteiger partial charge >= 0.3 is 35.8 Å². The van der Waals surface area contributed by atoms with Crippen LogP contribution in [0.5, 0.6) is 0 Å². The molecule has 0 aromatic heterocycles. The fourth-order valence-electron chi connectivity index (χ4n) is 0.826. The van der Waals surface area contributed by atoms with E-state index in [1.54, 1.807) is 0 Å². The van der Waals surface area contributed by atoms with Gasteiger partial charge in [-0.15, -0.1) is 0 Å². The predicted molar refractivity (Wildman–Crippen MR) is 93.6 cm³/mol. The van der Waals surface area contributed by atoms with Gasteiger partial charge in [0.1, 0.15) is 18.1 Å². The largest absolute Gasteiger partial charge is 0.481 e. The third-order valence-electron chi connectivity index (χ3n) is 2.14. The molecule has 0 spiro atoms. The molecular formula is C12H27N5O12. The van der Waals surface area contributed by atoms with Crippen molar-refractivity contribution in [3.05, 3.63) is 0 Å². The van der Waals surface area contributed by atoms with Gasteiger partial charge in [-0.2, -0.15) is 0 Å². The highest BCUT2D eigenvalue weighted by Gasteiger charge is 2.15. The van der Waals surface area contributed by atoms with Crippen molar-refractivity contribution in [2.45, 2.75) is 37.4 Å². The van der Waals surface area contributed by atoms with Gasteiger partial charge < -0.3 is 60.1 Å². The Labute approximate surface area is 163 Å². The Bertz CT molecular complexity index is 479. The SMILES string of the molecule is N.N.N[C@@H](CC(=O)O)C(=O)O.N[C@@H](CC(=O)O)C(=O)O.N[C@@H](CC(=O)O)C(=O)O. The van der Waals surface area contributed by atoms with Gasteiger partial charge in [-0.05, 0) is 0 Å². The molecule has 0 amide bonds. The lowest BCUT2D eigenvalue weighted by Crippen LogP contribution is -2.32. The summed E-state index contributed by atoms with van der Waals surface area (Å²) in [6.45, 7) is 0. The van der Waals surface area contributed by atoms with Crippen molar-refractivity contribution in [1.82, 2.24) is 12.3 Å². The maximum absolute atomic E-state index is 9.85. The van der Waals surface area contributed by atoms with Gasteiger partial charge in [0, 0.05) is 0 Å². The monoisotopic (exact) mass is 433 g/mol. The Balaban J connectivity index is -0.0000000960. The molecule has 18 N–H and O–H groups in total. The number of carboxylic acids is 6. The second-order valence-electron chi connectivity index (χ2n) is 4.63. The predicted octanol–water partition coefficient (Wildman–Crippen LogP) is -3.06. The maximum atomic E-state index is 9.85. The van der Waals surface area contributed by atoms with Gasteiger partial charge in [0.05, 0.1) is 19.3 Å². The fraction of sp³-hybridized carbons (Fsp3) is 0.500. The molecule has 0 saturated heterocycles. The summed E-state index contributed by atoms with van der Waals surface area (Å²) in [7, 11) is 0. The van der Waals surface area contributed by atoms with Gasteiger partial charge in [0.2, 0.25) is 0 Å². The van der Waals surface area contributed by atoms with Gasteiger partial charge in [-0.3, -0.25) is 28.8 Å². The molecule has 0 aromatic rings. The Morgan fingerprint density at radius 2 is 0.621 bits per heavy atom. The third kappa shape index (κ3) is 29.6. The van der Waals surface area contributed by atoms with E-state index < -0.39 is 73.2 Å². The van der Waals surface area contributed by atoms with E-state index in [9.17, 15) is 28.8 Å². The van der Waals surface area contributed by atoms with E-state index in [0.29, 0.717) is 0 Å². The summed E-state index contributed by atoms with van der Waals surface area (Å²) >= 11 is 0. The summed E-state index contributed by atoms with van der Waals surface area (Å²) in [5, 5.41) is 48.1. The van der Waals surface area contributed by atoms with Crippen molar-refractivity contribution in [2.75, 3.05) is 0 Å². The highest BCUT2D eigenvalue weighted by atomic mass is 16.4. The van der Waals surface area contributed by atoms with Crippen LogP contribution in [-0.2, 0) is 28.8 Å². The van der Waals surface area contributed by atoms with Crippen molar-refractivity contribution in [3.8, 4) is 0 Å². The first-order chi connectivity index (χ1) is 12.1. The number of hydrogen-bond donors (Lipinski definition) is 11. The van der Waals surface area contributed by atoms with E-state index in [0.717, 1.165) is 0 Å². The third-order valence-corrected chi connectivity index (χ3v) is 2.14. The zero-order valence-corrected chi connectivity index (χ0v) is 15.1. The number of hydrogen-bond acceptors (Lipinski definition) is 11. The van der Waals surface area contributed by atoms with Crippen molar-refractivity contribution in [1.29, 1.82) is 0 Å². The zero-order valence-electron chi connectivity index (χ0n) is 15.1. The molecule has 0 bridgehead atoms. The fourth-order valence-corrected chi connectivity index (χ4v) is 0.826. The molecule has 0 aliphatic carbocycles. The van der Waals surface area contributed by atoms with Crippen LogP contribution >= 0.6 is 0 Å².